The molecule has 0 atom stereocenters. The standard InChI is InChI=1S/C26H20Br2N2O3S2/c1-15-11-21(28)22(12-16(15)2)29-24(31)14-33-20-9-3-17(4-10-20)13-23-25(32)30(26(34)35-23)19-7-5-18(27)6-8-19/h3-13H,14H2,1-2H3,(H,29,31)/b23-13+. The molecule has 3 aromatic rings. The minimum Gasteiger partial charge on any atom is -0.484 e. The summed E-state index contributed by atoms with van der Waals surface area (Å²) in [6.07, 6.45) is 1.80. The molecule has 35 heavy (non-hydrogen) atoms. The van der Waals surface area contributed by atoms with Crippen molar-refractivity contribution in [3.63, 3.8) is 0 Å². The fourth-order valence-electron chi connectivity index (χ4n) is 3.30. The zero-order chi connectivity index (χ0) is 25.1. The van der Waals surface area contributed by atoms with Gasteiger partial charge in [0.15, 0.2) is 10.9 Å². The second-order valence-electron chi connectivity index (χ2n) is 7.82. The van der Waals surface area contributed by atoms with E-state index < -0.39 is 0 Å². The molecule has 178 valence electrons. The fourth-order valence-corrected chi connectivity index (χ4v) is 5.42. The van der Waals surface area contributed by atoms with E-state index in [9.17, 15) is 9.59 Å². The lowest BCUT2D eigenvalue weighted by Gasteiger charge is -2.14. The number of hydrogen-bond donors (Lipinski definition) is 1. The number of aryl methyl sites for hydroxylation is 2. The third kappa shape index (κ3) is 6.22. The average molecular weight is 632 g/mol. The molecular weight excluding hydrogens is 612 g/mol. The Balaban J connectivity index is 1.37. The quantitative estimate of drug-likeness (QED) is 0.229. The van der Waals surface area contributed by atoms with Gasteiger partial charge in [0.1, 0.15) is 5.75 Å². The first-order valence-electron chi connectivity index (χ1n) is 10.5. The Labute approximate surface area is 230 Å². The summed E-state index contributed by atoms with van der Waals surface area (Å²) in [7, 11) is 0. The number of carbonyl (C=O) groups is 2. The van der Waals surface area contributed by atoms with Gasteiger partial charge in [-0.1, -0.05) is 52.0 Å². The van der Waals surface area contributed by atoms with Crippen LogP contribution in [0, 0.1) is 13.8 Å². The number of anilines is 2. The molecule has 4 rings (SSSR count). The summed E-state index contributed by atoms with van der Waals surface area (Å²) in [5.74, 6) is 0.144. The molecule has 0 radical (unpaired) electrons. The van der Waals surface area contributed by atoms with Crippen molar-refractivity contribution in [3.05, 3.63) is 91.2 Å². The van der Waals surface area contributed by atoms with Gasteiger partial charge in [0, 0.05) is 8.95 Å². The van der Waals surface area contributed by atoms with Crippen LogP contribution in [0.5, 0.6) is 5.75 Å². The summed E-state index contributed by atoms with van der Waals surface area (Å²) < 4.78 is 7.87. The lowest BCUT2D eigenvalue weighted by atomic mass is 10.1. The van der Waals surface area contributed by atoms with Gasteiger partial charge < -0.3 is 10.1 Å². The summed E-state index contributed by atoms with van der Waals surface area (Å²) >= 11 is 13.6. The predicted octanol–water partition coefficient (Wildman–Crippen LogP) is 7.25. The van der Waals surface area contributed by atoms with Crippen molar-refractivity contribution in [1.82, 2.24) is 0 Å². The molecule has 3 aromatic carbocycles. The van der Waals surface area contributed by atoms with Crippen molar-refractivity contribution >= 4 is 89.4 Å². The van der Waals surface area contributed by atoms with Gasteiger partial charge in [0.25, 0.3) is 11.8 Å². The highest BCUT2D eigenvalue weighted by molar-refractivity contribution is 9.10. The summed E-state index contributed by atoms with van der Waals surface area (Å²) in [4.78, 5) is 27.3. The summed E-state index contributed by atoms with van der Waals surface area (Å²) in [6.45, 7) is 3.89. The molecule has 1 fully saturated rings. The molecule has 1 aliphatic heterocycles. The van der Waals surface area contributed by atoms with Crippen molar-refractivity contribution in [1.29, 1.82) is 0 Å². The second kappa shape index (κ2) is 11.1. The Morgan fingerprint density at radius 2 is 1.71 bits per heavy atom. The lowest BCUT2D eigenvalue weighted by Crippen LogP contribution is -2.27. The molecule has 2 amide bonds. The van der Waals surface area contributed by atoms with Crippen LogP contribution in [-0.2, 0) is 9.59 Å². The zero-order valence-electron chi connectivity index (χ0n) is 18.8. The number of hydrogen-bond acceptors (Lipinski definition) is 5. The number of nitrogens with zero attached hydrogens (tertiary/aromatic N) is 1. The smallest absolute Gasteiger partial charge is 0.270 e. The Morgan fingerprint density at radius 1 is 1.06 bits per heavy atom. The molecule has 0 spiro atoms. The molecular formula is C26H20Br2N2O3S2. The number of ether oxygens (including phenoxy) is 1. The van der Waals surface area contributed by atoms with Crippen molar-refractivity contribution in [3.8, 4) is 5.75 Å². The van der Waals surface area contributed by atoms with E-state index in [0.29, 0.717) is 20.7 Å². The van der Waals surface area contributed by atoms with Crippen LogP contribution in [0.25, 0.3) is 6.08 Å². The lowest BCUT2D eigenvalue weighted by molar-refractivity contribution is -0.118. The normalized spacial score (nSPS) is 14.5. The number of benzene rings is 3. The van der Waals surface area contributed by atoms with Gasteiger partial charge in [-0.05, 0) is 101 Å². The van der Waals surface area contributed by atoms with Crippen molar-refractivity contribution < 1.29 is 14.3 Å². The highest BCUT2D eigenvalue weighted by atomic mass is 79.9. The van der Waals surface area contributed by atoms with Gasteiger partial charge in [0.2, 0.25) is 0 Å². The zero-order valence-corrected chi connectivity index (χ0v) is 23.6. The van der Waals surface area contributed by atoms with Crippen LogP contribution < -0.4 is 15.0 Å². The molecule has 1 heterocycles. The molecule has 1 saturated heterocycles. The van der Waals surface area contributed by atoms with Crippen LogP contribution in [0.4, 0.5) is 11.4 Å². The molecule has 0 bridgehead atoms. The Hall–Kier alpha value is -2.46. The van der Waals surface area contributed by atoms with E-state index in [0.717, 1.165) is 31.3 Å². The summed E-state index contributed by atoms with van der Waals surface area (Å²) in [5, 5.41) is 2.86. The van der Waals surface area contributed by atoms with Crippen molar-refractivity contribution in [2.75, 3.05) is 16.8 Å². The van der Waals surface area contributed by atoms with Crippen LogP contribution in [0.1, 0.15) is 16.7 Å². The first-order valence-corrected chi connectivity index (χ1v) is 13.4. The van der Waals surface area contributed by atoms with Gasteiger partial charge in [-0.2, -0.15) is 0 Å². The Morgan fingerprint density at radius 3 is 2.40 bits per heavy atom. The summed E-state index contributed by atoms with van der Waals surface area (Å²) in [5.41, 5.74) is 4.50. The summed E-state index contributed by atoms with van der Waals surface area (Å²) in [6, 6.07) is 18.5. The van der Waals surface area contributed by atoms with E-state index in [4.69, 9.17) is 17.0 Å². The molecule has 5 nitrogen and oxygen atoms in total. The molecule has 9 heteroatoms. The number of thioether (sulfide) groups is 1. The number of halogens is 2. The molecule has 0 saturated carbocycles. The van der Waals surface area contributed by atoms with Gasteiger partial charge in [0.05, 0.1) is 16.3 Å². The van der Waals surface area contributed by atoms with E-state index in [1.807, 2.05) is 62.4 Å². The number of nitrogens with one attached hydrogen (secondary N) is 1. The van der Waals surface area contributed by atoms with Crippen LogP contribution in [-0.4, -0.2) is 22.7 Å². The van der Waals surface area contributed by atoms with Crippen LogP contribution in [0.15, 0.2) is 74.5 Å². The number of thiocarbonyl (C=S) groups is 1. The first kappa shape index (κ1) is 25.6. The highest BCUT2D eigenvalue weighted by Gasteiger charge is 2.33. The Bertz CT molecular complexity index is 1340. The van der Waals surface area contributed by atoms with E-state index in [-0.39, 0.29) is 18.4 Å². The predicted molar refractivity (Wildman–Crippen MR) is 154 cm³/mol. The third-order valence-electron chi connectivity index (χ3n) is 5.28. The number of rotatable bonds is 6. The van der Waals surface area contributed by atoms with Crippen LogP contribution in [0.3, 0.4) is 0 Å². The number of carbonyl (C=O) groups excluding carboxylic acids is 2. The van der Waals surface area contributed by atoms with E-state index in [2.05, 4.69) is 37.2 Å². The van der Waals surface area contributed by atoms with Crippen molar-refractivity contribution in [2.24, 2.45) is 0 Å². The van der Waals surface area contributed by atoms with E-state index in [1.165, 1.54) is 16.7 Å². The largest absolute Gasteiger partial charge is 0.484 e. The highest BCUT2D eigenvalue weighted by Crippen LogP contribution is 2.36. The van der Waals surface area contributed by atoms with E-state index >= 15 is 0 Å². The SMILES string of the molecule is Cc1cc(Br)c(NC(=O)COc2ccc(/C=C3/SC(=S)N(c4ccc(Br)cc4)C3=O)cc2)cc1C. The number of amides is 2. The molecule has 0 aromatic heterocycles. The van der Waals surface area contributed by atoms with Crippen LogP contribution in [0.2, 0.25) is 0 Å². The average Bonchev–Trinajstić information content (AvgIpc) is 3.10. The molecule has 0 unspecified atom stereocenters. The molecule has 1 aliphatic rings. The minimum absolute atomic E-state index is 0.120. The fraction of sp³-hybridized carbons (Fsp3) is 0.115. The van der Waals surface area contributed by atoms with Gasteiger partial charge >= 0.3 is 0 Å². The van der Waals surface area contributed by atoms with Gasteiger partial charge in [-0.15, -0.1) is 0 Å². The molecule has 1 N–H and O–H groups in total. The van der Waals surface area contributed by atoms with E-state index in [1.54, 1.807) is 18.2 Å². The second-order valence-corrected chi connectivity index (χ2v) is 11.3. The maximum absolute atomic E-state index is 12.9. The first-order chi connectivity index (χ1) is 16.7. The Kier molecular flexibility index (Phi) is 8.11. The topological polar surface area (TPSA) is 58.6 Å². The van der Waals surface area contributed by atoms with Crippen LogP contribution >= 0.6 is 55.8 Å². The van der Waals surface area contributed by atoms with Gasteiger partial charge in [-0.3, -0.25) is 14.5 Å². The third-order valence-corrected chi connectivity index (χ3v) is 7.77. The van der Waals surface area contributed by atoms with Crippen molar-refractivity contribution in [2.45, 2.75) is 13.8 Å². The maximum Gasteiger partial charge on any atom is 0.270 e. The maximum atomic E-state index is 12.9. The monoisotopic (exact) mass is 630 g/mol. The van der Waals surface area contributed by atoms with Gasteiger partial charge in [-0.25, -0.2) is 0 Å². The minimum atomic E-state index is -0.255. The molecule has 0 aliphatic carbocycles.